The van der Waals surface area contributed by atoms with Gasteiger partial charge in [0.1, 0.15) is 12.4 Å². The molecule has 0 N–H and O–H groups in total. The molecule has 1 fully saturated rings. The molecule has 2 heterocycles. The topological polar surface area (TPSA) is 81.9 Å². The Balaban J connectivity index is 1.57. The van der Waals surface area contributed by atoms with Crippen LogP contribution >= 0.6 is 0 Å². The Kier molecular flexibility index (Phi) is 5.68. The Hall–Kier alpha value is -2.67. The van der Waals surface area contributed by atoms with E-state index in [9.17, 15) is 9.59 Å². The van der Waals surface area contributed by atoms with Crippen molar-refractivity contribution in [2.45, 2.75) is 20.0 Å². The number of ketones is 1. The lowest BCUT2D eigenvalue weighted by Crippen LogP contribution is -2.29. The van der Waals surface area contributed by atoms with Gasteiger partial charge in [0, 0.05) is 37.7 Å². The summed E-state index contributed by atoms with van der Waals surface area (Å²) in [7, 11) is 1.67. The number of hydrogen-bond donors (Lipinski definition) is 0. The SMILES string of the molecule is COCC1CCN(C(=O)c2cc(COc3cccc(C(C)=O)c3)on2)C1. The van der Waals surface area contributed by atoms with Crippen LogP contribution in [0.15, 0.2) is 34.9 Å². The third-order valence-electron chi connectivity index (χ3n) is 4.38. The standard InChI is InChI=1S/C19H22N2O5/c1-13(22)15-4-3-5-16(8-15)25-12-17-9-18(20-26-17)19(23)21-7-6-14(10-21)11-24-2/h3-5,8-9,14H,6-7,10-12H2,1-2H3. The molecule has 1 aromatic heterocycles. The Morgan fingerprint density at radius 2 is 2.19 bits per heavy atom. The van der Waals surface area contributed by atoms with Gasteiger partial charge >= 0.3 is 0 Å². The smallest absolute Gasteiger partial charge is 0.276 e. The van der Waals surface area contributed by atoms with Gasteiger partial charge in [0.2, 0.25) is 0 Å². The normalized spacial score (nSPS) is 16.7. The van der Waals surface area contributed by atoms with Crippen molar-refractivity contribution in [3.05, 3.63) is 47.3 Å². The van der Waals surface area contributed by atoms with E-state index in [2.05, 4.69) is 5.16 Å². The van der Waals surface area contributed by atoms with Crippen LogP contribution in [0.4, 0.5) is 0 Å². The van der Waals surface area contributed by atoms with E-state index >= 15 is 0 Å². The third-order valence-corrected chi connectivity index (χ3v) is 4.38. The first-order valence-corrected chi connectivity index (χ1v) is 8.54. The fourth-order valence-corrected chi connectivity index (χ4v) is 2.99. The maximum atomic E-state index is 12.5. The first kappa shape index (κ1) is 18.1. The summed E-state index contributed by atoms with van der Waals surface area (Å²) in [5, 5.41) is 3.86. The van der Waals surface area contributed by atoms with Crippen molar-refractivity contribution in [3.8, 4) is 5.75 Å². The van der Waals surface area contributed by atoms with Gasteiger partial charge in [0.05, 0.1) is 6.61 Å². The largest absolute Gasteiger partial charge is 0.486 e. The van der Waals surface area contributed by atoms with Gasteiger partial charge in [-0.3, -0.25) is 9.59 Å². The van der Waals surface area contributed by atoms with E-state index in [1.807, 2.05) is 0 Å². The highest BCUT2D eigenvalue weighted by atomic mass is 16.5. The molecule has 0 spiro atoms. The predicted octanol–water partition coefficient (Wildman–Crippen LogP) is 2.56. The molecule has 0 aliphatic carbocycles. The van der Waals surface area contributed by atoms with Gasteiger partial charge in [-0.1, -0.05) is 17.3 Å². The molecule has 1 aliphatic heterocycles. The summed E-state index contributed by atoms with van der Waals surface area (Å²) in [4.78, 5) is 25.7. The second-order valence-electron chi connectivity index (χ2n) is 6.41. The number of Topliss-reactive ketones (excluding diaryl/α,β-unsaturated/α-hetero) is 1. The number of nitrogens with zero attached hydrogens (tertiary/aromatic N) is 2. The highest BCUT2D eigenvalue weighted by Crippen LogP contribution is 2.20. The van der Waals surface area contributed by atoms with Crippen LogP contribution in [-0.2, 0) is 11.3 Å². The summed E-state index contributed by atoms with van der Waals surface area (Å²) in [5.41, 5.74) is 0.856. The summed E-state index contributed by atoms with van der Waals surface area (Å²) >= 11 is 0. The van der Waals surface area contributed by atoms with Gasteiger partial charge in [-0.2, -0.15) is 0 Å². The number of amides is 1. The van der Waals surface area contributed by atoms with Crippen molar-refractivity contribution in [1.29, 1.82) is 0 Å². The van der Waals surface area contributed by atoms with E-state index in [-0.39, 0.29) is 24.0 Å². The Bertz CT molecular complexity index is 786. The molecule has 1 saturated heterocycles. The van der Waals surface area contributed by atoms with Gasteiger partial charge in [0.15, 0.2) is 17.2 Å². The average molecular weight is 358 g/mol. The lowest BCUT2D eigenvalue weighted by molar-refractivity contribution is 0.0764. The minimum absolute atomic E-state index is 0.0274. The van der Waals surface area contributed by atoms with Crippen LogP contribution in [0.3, 0.4) is 0 Å². The zero-order valence-electron chi connectivity index (χ0n) is 14.9. The Morgan fingerprint density at radius 1 is 1.35 bits per heavy atom. The number of rotatable bonds is 7. The number of likely N-dealkylation sites (tertiary alicyclic amines) is 1. The monoisotopic (exact) mass is 358 g/mol. The maximum absolute atomic E-state index is 12.5. The molecule has 3 rings (SSSR count). The summed E-state index contributed by atoms with van der Waals surface area (Å²) in [6.45, 7) is 3.66. The molecule has 2 aromatic rings. The molecule has 1 atom stereocenters. The number of carbonyl (C=O) groups excluding carboxylic acids is 2. The van der Waals surface area contributed by atoms with E-state index in [0.29, 0.717) is 42.7 Å². The fraction of sp³-hybridized carbons (Fsp3) is 0.421. The van der Waals surface area contributed by atoms with Crippen molar-refractivity contribution in [2.75, 3.05) is 26.8 Å². The van der Waals surface area contributed by atoms with E-state index in [4.69, 9.17) is 14.0 Å². The first-order chi connectivity index (χ1) is 12.6. The number of ether oxygens (including phenoxy) is 2. The number of benzene rings is 1. The van der Waals surface area contributed by atoms with Crippen molar-refractivity contribution >= 4 is 11.7 Å². The zero-order chi connectivity index (χ0) is 18.5. The second-order valence-corrected chi connectivity index (χ2v) is 6.41. The molecule has 1 aromatic carbocycles. The quantitative estimate of drug-likeness (QED) is 0.708. The highest BCUT2D eigenvalue weighted by molar-refractivity contribution is 5.94. The van der Waals surface area contributed by atoms with Gasteiger partial charge in [-0.25, -0.2) is 0 Å². The van der Waals surface area contributed by atoms with Crippen LogP contribution < -0.4 is 4.74 Å². The number of methoxy groups -OCH3 is 1. The van der Waals surface area contributed by atoms with Gasteiger partial charge in [0.25, 0.3) is 5.91 Å². The summed E-state index contributed by atoms with van der Waals surface area (Å²) in [5.74, 6) is 1.21. The molecular formula is C19H22N2O5. The maximum Gasteiger partial charge on any atom is 0.276 e. The molecule has 1 amide bonds. The molecule has 1 unspecified atom stereocenters. The van der Waals surface area contributed by atoms with Crippen LogP contribution in [0.2, 0.25) is 0 Å². The van der Waals surface area contributed by atoms with Crippen molar-refractivity contribution in [2.24, 2.45) is 5.92 Å². The molecular weight excluding hydrogens is 336 g/mol. The van der Waals surface area contributed by atoms with Crippen molar-refractivity contribution in [3.63, 3.8) is 0 Å². The lowest BCUT2D eigenvalue weighted by atomic mass is 10.1. The minimum Gasteiger partial charge on any atom is -0.486 e. The van der Waals surface area contributed by atoms with Crippen LogP contribution in [0.1, 0.15) is 40.0 Å². The van der Waals surface area contributed by atoms with Gasteiger partial charge in [-0.05, 0) is 25.5 Å². The first-order valence-electron chi connectivity index (χ1n) is 8.54. The average Bonchev–Trinajstić information content (AvgIpc) is 3.29. The van der Waals surface area contributed by atoms with Crippen LogP contribution in [-0.4, -0.2) is 48.6 Å². The van der Waals surface area contributed by atoms with E-state index in [1.165, 1.54) is 6.92 Å². The number of aromatic nitrogens is 1. The molecule has 7 nitrogen and oxygen atoms in total. The summed E-state index contributed by atoms with van der Waals surface area (Å²) in [6.07, 6.45) is 0.930. The fourth-order valence-electron chi connectivity index (χ4n) is 2.99. The van der Waals surface area contributed by atoms with Crippen LogP contribution in [0, 0.1) is 5.92 Å². The van der Waals surface area contributed by atoms with Crippen LogP contribution in [0.25, 0.3) is 0 Å². The summed E-state index contributed by atoms with van der Waals surface area (Å²) in [6, 6.07) is 8.51. The summed E-state index contributed by atoms with van der Waals surface area (Å²) < 4.78 is 16.0. The van der Waals surface area contributed by atoms with E-state index in [1.54, 1.807) is 42.3 Å². The molecule has 7 heteroatoms. The Labute approximate surface area is 151 Å². The van der Waals surface area contributed by atoms with Crippen molar-refractivity contribution in [1.82, 2.24) is 10.1 Å². The molecule has 0 radical (unpaired) electrons. The zero-order valence-corrected chi connectivity index (χ0v) is 14.9. The van der Waals surface area contributed by atoms with Crippen molar-refractivity contribution < 1.29 is 23.6 Å². The predicted molar refractivity (Wildman–Crippen MR) is 93.2 cm³/mol. The van der Waals surface area contributed by atoms with Gasteiger partial charge in [-0.15, -0.1) is 0 Å². The Morgan fingerprint density at radius 3 is 2.96 bits per heavy atom. The van der Waals surface area contributed by atoms with Gasteiger partial charge < -0.3 is 18.9 Å². The third kappa shape index (κ3) is 4.29. The second kappa shape index (κ2) is 8.14. The van der Waals surface area contributed by atoms with Crippen LogP contribution in [0.5, 0.6) is 5.75 Å². The molecule has 1 aliphatic rings. The number of carbonyl (C=O) groups is 2. The van der Waals surface area contributed by atoms with E-state index < -0.39 is 0 Å². The highest BCUT2D eigenvalue weighted by Gasteiger charge is 2.28. The minimum atomic E-state index is -0.141. The lowest BCUT2D eigenvalue weighted by Gasteiger charge is -2.14. The molecule has 26 heavy (non-hydrogen) atoms. The molecule has 0 bridgehead atoms. The molecule has 138 valence electrons. The van der Waals surface area contributed by atoms with E-state index in [0.717, 1.165) is 6.42 Å². The number of hydrogen-bond acceptors (Lipinski definition) is 6. The molecule has 0 saturated carbocycles.